The van der Waals surface area contributed by atoms with Crippen LogP contribution in [0, 0.1) is 5.82 Å². The van der Waals surface area contributed by atoms with Gasteiger partial charge >= 0.3 is 6.18 Å². The van der Waals surface area contributed by atoms with Crippen molar-refractivity contribution in [3.8, 4) is 0 Å². The summed E-state index contributed by atoms with van der Waals surface area (Å²) in [5.41, 5.74) is 0.598. The van der Waals surface area contributed by atoms with E-state index >= 15 is 0 Å². The normalized spacial score (nSPS) is 18.2. The number of anilines is 1. The Hall–Kier alpha value is -1.01. The largest absolute Gasteiger partial charge is 0.401 e. The molecule has 112 valence electrons. The fraction of sp³-hybridized carbons (Fsp3) is 0.538. The molecule has 2 nitrogen and oxygen atoms in total. The number of rotatable bonds is 3. The molecule has 0 aromatic heterocycles. The zero-order valence-electron chi connectivity index (χ0n) is 10.7. The first kappa shape index (κ1) is 15.4. The van der Waals surface area contributed by atoms with Crippen molar-refractivity contribution >= 4 is 17.3 Å². The number of hydrogen-bond donors (Lipinski definition) is 1. The average molecular weight is 311 g/mol. The molecule has 0 spiro atoms. The lowest BCUT2D eigenvalue weighted by Gasteiger charge is -2.33. The maximum Gasteiger partial charge on any atom is 0.401 e. The smallest absolute Gasteiger partial charge is 0.382 e. The third-order valence-electron chi connectivity index (χ3n) is 3.28. The molecule has 0 saturated carbocycles. The van der Waals surface area contributed by atoms with E-state index in [1.807, 2.05) is 0 Å². The Morgan fingerprint density at radius 3 is 2.45 bits per heavy atom. The summed E-state index contributed by atoms with van der Waals surface area (Å²) in [6, 6.07) is 4.47. The summed E-state index contributed by atoms with van der Waals surface area (Å²) in [7, 11) is 0. The molecule has 1 fully saturated rings. The summed E-state index contributed by atoms with van der Waals surface area (Å²) >= 11 is 5.59. The van der Waals surface area contributed by atoms with Gasteiger partial charge in [0.1, 0.15) is 5.82 Å². The van der Waals surface area contributed by atoms with Crippen molar-refractivity contribution in [2.75, 3.05) is 25.0 Å². The molecule has 0 bridgehead atoms. The zero-order valence-corrected chi connectivity index (χ0v) is 11.4. The summed E-state index contributed by atoms with van der Waals surface area (Å²) in [5.74, 6) is -0.508. The molecule has 1 aromatic carbocycles. The minimum Gasteiger partial charge on any atom is -0.382 e. The molecule has 1 heterocycles. The van der Waals surface area contributed by atoms with Crippen molar-refractivity contribution in [2.24, 2.45) is 0 Å². The van der Waals surface area contributed by atoms with Gasteiger partial charge < -0.3 is 5.32 Å². The van der Waals surface area contributed by atoms with Crippen molar-refractivity contribution < 1.29 is 17.6 Å². The van der Waals surface area contributed by atoms with Gasteiger partial charge in [-0.3, -0.25) is 4.90 Å². The van der Waals surface area contributed by atoms with Crippen LogP contribution in [0.2, 0.25) is 5.02 Å². The number of piperidine rings is 1. The summed E-state index contributed by atoms with van der Waals surface area (Å²) in [6.45, 7) is -0.101. The lowest BCUT2D eigenvalue weighted by Crippen LogP contribution is -2.43. The Labute approximate surface area is 119 Å². The second-order valence-corrected chi connectivity index (χ2v) is 5.35. The Morgan fingerprint density at radius 1 is 1.25 bits per heavy atom. The van der Waals surface area contributed by atoms with Crippen LogP contribution in [0.5, 0.6) is 0 Å². The number of likely N-dealkylation sites (tertiary alicyclic amines) is 1. The molecule has 0 radical (unpaired) electrons. The van der Waals surface area contributed by atoms with Crippen LogP contribution in [-0.2, 0) is 0 Å². The third-order valence-corrected chi connectivity index (χ3v) is 3.59. The monoisotopic (exact) mass is 310 g/mol. The SMILES string of the molecule is Fc1cc(NC2CCN(CC(F)(F)F)CC2)ccc1Cl. The van der Waals surface area contributed by atoms with Gasteiger partial charge in [-0.05, 0) is 31.0 Å². The highest BCUT2D eigenvalue weighted by atomic mass is 35.5. The fourth-order valence-corrected chi connectivity index (χ4v) is 2.43. The van der Waals surface area contributed by atoms with Gasteiger partial charge in [0.2, 0.25) is 0 Å². The van der Waals surface area contributed by atoms with Crippen molar-refractivity contribution in [3.05, 3.63) is 29.0 Å². The molecule has 1 aliphatic heterocycles. The van der Waals surface area contributed by atoms with E-state index in [-0.39, 0.29) is 11.1 Å². The molecule has 1 aliphatic rings. The molecule has 0 aliphatic carbocycles. The second-order valence-electron chi connectivity index (χ2n) is 4.94. The first-order valence-electron chi connectivity index (χ1n) is 6.34. The summed E-state index contributed by atoms with van der Waals surface area (Å²) in [5, 5.41) is 3.18. The molecule has 1 aromatic rings. The van der Waals surface area contributed by atoms with Crippen LogP contribution >= 0.6 is 11.6 Å². The van der Waals surface area contributed by atoms with Gasteiger partial charge in [-0.1, -0.05) is 11.6 Å². The van der Waals surface area contributed by atoms with Crippen LogP contribution < -0.4 is 5.32 Å². The molecule has 2 rings (SSSR count). The van der Waals surface area contributed by atoms with Crippen molar-refractivity contribution in [3.63, 3.8) is 0 Å². The predicted molar refractivity (Wildman–Crippen MR) is 70.5 cm³/mol. The first-order chi connectivity index (χ1) is 9.33. The van der Waals surface area contributed by atoms with Crippen molar-refractivity contribution in [1.29, 1.82) is 0 Å². The van der Waals surface area contributed by atoms with E-state index in [1.54, 1.807) is 6.07 Å². The highest BCUT2D eigenvalue weighted by Crippen LogP contribution is 2.23. The second kappa shape index (κ2) is 6.18. The third kappa shape index (κ3) is 4.52. The number of alkyl halides is 3. The summed E-state index contributed by atoms with van der Waals surface area (Å²) in [6.07, 6.45) is -2.96. The van der Waals surface area contributed by atoms with Crippen LogP contribution in [0.25, 0.3) is 0 Å². The van der Waals surface area contributed by atoms with E-state index in [1.165, 1.54) is 17.0 Å². The number of halogens is 5. The van der Waals surface area contributed by atoms with Gasteiger partial charge in [0.25, 0.3) is 0 Å². The molecule has 0 atom stereocenters. The quantitative estimate of drug-likeness (QED) is 0.851. The molecule has 0 unspecified atom stereocenters. The van der Waals surface area contributed by atoms with Crippen molar-refractivity contribution in [2.45, 2.75) is 25.1 Å². The first-order valence-corrected chi connectivity index (χ1v) is 6.72. The molecule has 0 amide bonds. The molecule has 1 saturated heterocycles. The number of hydrogen-bond acceptors (Lipinski definition) is 2. The highest BCUT2D eigenvalue weighted by Gasteiger charge is 2.32. The zero-order chi connectivity index (χ0) is 14.8. The minimum atomic E-state index is -4.15. The fourth-order valence-electron chi connectivity index (χ4n) is 2.31. The van der Waals surface area contributed by atoms with Gasteiger partial charge in [0.15, 0.2) is 0 Å². The predicted octanol–water partition coefficient (Wildman–Crippen LogP) is 3.92. The van der Waals surface area contributed by atoms with Gasteiger partial charge in [-0.2, -0.15) is 13.2 Å². The lowest BCUT2D eigenvalue weighted by molar-refractivity contribution is -0.147. The van der Waals surface area contributed by atoms with Gasteiger partial charge in [-0.25, -0.2) is 4.39 Å². The molecular weight excluding hydrogens is 296 g/mol. The standard InChI is InChI=1S/C13H15ClF4N2/c14-11-2-1-10(7-12(11)15)19-9-3-5-20(6-4-9)8-13(16,17)18/h1-2,7,9,19H,3-6,8H2. The Morgan fingerprint density at radius 2 is 1.90 bits per heavy atom. The topological polar surface area (TPSA) is 15.3 Å². The van der Waals surface area contributed by atoms with Crippen molar-refractivity contribution in [1.82, 2.24) is 4.90 Å². The van der Waals surface area contributed by atoms with Gasteiger partial charge in [0.05, 0.1) is 11.6 Å². The molecule has 1 N–H and O–H groups in total. The van der Waals surface area contributed by atoms with Crippen LogP contribution in [0.15, 0.2) is 18.2 Å². The van der Waals surface area contributed by atoms with Gasteiger partial charge in [0, 0.05) is 24.8 Å². The Bertz CT molecular complexity index is 456. The van der Waals surface area contributed by atoms with E-state index in [0.29, 0.717) is 31.6 Å². The van der Waals surface area contributed by atoms with E-state index in [0.717, 1.165) is 0 Å². The maximum absolute atomic E-state index is 13.3. The van der Waals surface area contributed by atoms with Gasteiger partial charge in [-0.15, -0.1) is 0 Å². The Balaban J connectivity index is 1.83. The molecule has 7 heteroatoms. The average Bonchev–Trinajstić information content (AvgIpc) is 2.35. The molecule has 20 heavy (non-hydrogen) atoms. The van der Waals surface area contributed by atoms with E-state index in [4.69, 9.17) is 11.6 Å². The minimum absolute atomic E-state index is 0.0514. The van der Waals surface area contributed by atoms with Crippen LogP contribution in [0.1, 0.15) is 12.8 Å². The van der Waals surface area contributed by atoms with E-state index in [2.05, 4.69) is 5.32 Å². The van der Waals surface area contributed by atoms with Crippen LogP contribution in [-0.4, -0.2) is 36.8 Å². The lowest BCUT2D eigenvalue weighted by atomic mass is 10.0. The van der Waals surface area contributed by atoms with E-state index < -0.39 is 18.5 Å². The number of nitrogens with one attached hydrogen (secondary N) is 1. The Kier molecular flexibility index (Phi) is 4.75. The molecular formula is C13H15ClF4N2. The van der Waals surface area contributed by atoms with Crippen LogP contribution in [0.4, 0.5) is 23.2 Å². The number of benzene rings is 1. The number of nitrogens with zero attached hydrogens (tertiary/aromatic N) is 1. The van der Waals surface area contributed by atoms with E-state index in [9.17, 15) is 17.6 Å². The summed E-state index contributed by atoms with van der Waals surface area (Å²) < 4.78 is 50.0. The highest BCUT2D eigenvalue weighted by molar-refractivity contribution is 6.30. The summed E-state index contributed by atoms with van der Waals surface area (Å²) in [4.78, 5) is 1.39. The van der Waals surface area contributed by atoms with Crippen LogP contribution in [0.3, 0.4) is 0 Å². The maximum atomic E-state index is 13.3.